The number of amides is 1. The molecule has 0 unspecified atom stereocenters. The Hall–Kier alpha value is -1.75. The molecule has 21 heavy (non-hydrogen) atoms. The zero-order valence-electron chi connectivity index (χ0n) is 12.4. The number of nitrogens with zero attached hydrogens (tertiary/aromatic N) is 2. The summed E-state index contributed by atoms with van der Waals surface area (Å²) in [6.45, 7) is 5.86. The number of rotatable bonds is 4. The third kappa shape index (κ3) is 3.67. The fourth-order valence-corrected chi connectivity index (χ4v) is 2.55. The van der Waals surface area contributed by atoms with Crippen molar-refractivity contribution in [2.45, 2.75) is 33.6 Å². The summed E-state index contributed by atoms with van der Waals surface area (Å²) in [5.74, 6) is -0.137. The first-order valence-electron chi connectivity index (χ1n) is 6.98. The predicted molar refractivity (Wildman–Crippen MR) is 87.6 cm³/mol. The van der Waals surface area contributed by atoms with Crippen molar-refractivity contribution in [1.82, 2.24) is 10.2 Å². The van der Waals surface area contributed by atoms with Gasteiger partial charge in [0.15, 0.2) is 0 Å². The van der Waals surface area contributed by atoms with Gasteiger partial charge in [-0.05, 0) is 49.6 Å². The molecule has 0 radical (unpaired) electrons. The van der Waals surface area contributed by atoms with E-state index in [0.717, 1.165) is 27.8 Å². The lowest BCUT2D eigenvalue weighted by Gasteiger charge is -2.12. The molecule has 4 nitrogen and oxygen atoms in total. The lowest BCUT2D eigenvalue weighted by molar-refractivity contribution is 0.102. The molecular formula is C16H18BrN3O. The second-order valence-corrected chi connectivity index (χ2v) is 5.72. The Bertz CT molecular complexity index is 671. The molecule has 0 aliphatic carbocycles. The van der Waals surface area contributed by atoms with E-state index in [1.807, 2.05) is 32.0 Å². The van der Waals surface area contributed by atoms with E-state index >= 15 is 0 Å². The number of aryl methyl sites for hydroxylation is 3. The molecule has 0 saturated carbocycles. The first-order chi connectivity index (χ1) is 10.0. The highest BCUT2D eigenvalue weighted by Gasteiger charge is 2.14. The maximum Gasteiger partial charge on any atom is 0.257 e. The van der Waals surface area contributed by atoms with E-state index in [1.54, 1.807) is 6.07 Å². The molecule has 1 N–H and O–H groups in total. The summed E-state index contributed by atoms with van der Waals surface area (Å²) >= 11 is 3.45. The Morgan fingerprint density at radius 1 is 1.19 bits per heavy atom. The van der Waals surface area contributed by atoms with Gasteiger partial charge in [0, 0.05) is 10.2 Å². The molecule has 2 rings (SSSR count). The van der Waals surface area contributed by atoms with E-state index < -0.39 is 0 Å². The molecule has 110 valence electrons. The van der Waals surface area contributed by atoms with E-state index in [4.69, 9.17) is 0 Å². The lowest BCUT2D eigenvalue weighted by atomic mass is 10.1. The Kier molecular flexibility index (Phi) is 5.07. The van der Waals surface area contributed by atoms with Crippen LogP contribution in [0.5, 0.6) is 0 Å². The van der Waals surface area contributed by atoms with Crippen molar-refractivity contribution < 1.29 is 4.79 Å². The van der Waals surface area contributed by atoms with E-state index in [1.165, 1.54) is 0 Å². The number of carbonyl (C=O) groups excluding carboxylic acids is 1. The van der Waals surface area contributed by atoms with Gasteiger partial charge in [0.25, 0.3) is 5.91 Å². The number of aromatic nitrogens is 2. The molecule has 0 bridgehead atoms. The highest BCUT2D eigenvalue weighted by Crippen LogP contribution is 2.22. The van der Waals surface area contributed by atoms with Crippen LogP contribution in [-0.2, 0) is 12.8 Å². The van der Waals surface area contributed by atoms with Crippen molar-refractivity contribution in [2.75, 3.05) is 5.32 Å². The molecule has 1 aromatic carbocycles. The normalized spacial score (nSPS) is 10.5. The van der Waals surface area contributed by atoms with Gasteiger partial charge in [0.05, 0.1) is 17.0 Å². The number of anilines is 1. The molecule has 0 aliphatic rings. The Morgan fingerprint density at radius 3 is 2.62 bits per heavy atom. The Morgan fingerprint density at radius 2 is 1.95 bits per heavy atom. The third-order valence-electron chi connectivity index (χ3n) is 3.27. The van der Waals surface area contributed by atoms with Crippen LogP contribution in [-0.4, -0.2) is 16.1 Å². The predicted octanol–water partition coefficient (Wildman–Crippen LogP) is 3.92. The quantitative estimate of drug-likeness (QED) is 0.911. The maximum atomic E-state index is 12.5. The summed E-state index contributed by atoms with van der Waals surface area (Å²) in [6, 6.07) is 7.64. The molecule has 0 atom stereocenters. The van der Waals surface area contributed by atoms with Crippen molar-refractivity contribution in [3.05, 3.63) is 51.3 Å². The Labute approximate surface area is 133 Å². The minimum atomic E-state index is -0.137. The van der Waals surface area contributed by atoms with Crippen LogP contribution in [0.3, 0.4) is 0 Å². The average molecular weight is 348 g/mol. The van der Waals surface area contributed by atoms with Gasteiger partial charge in [-0.1, -0.05) is 29.8 Å². The summed E-state index contributed by atoms with van der Waals surface area (Å²) < 4.78 is 1.01. The number of carbonyl (C=O) groups is 1. The van der Waals surface area contributed by atoms with Crippen LogP contribution >= 0.6 is 15.9 Å². The van der Waals surface area contributed by atoms with Crippen molar-refractivity contribution in [3.8, 4) is 0 Å². The third-order valence-corrected chi connectivity index (χ3v) is 3.76. The monoisotopic (exact) mass is 347 g/mol. The van der Waals surface area contributed by atoms with Gasteiger partial charge < -0.3 is 5.32 Å². The van der Waals surface area contributed by atoms with E-state index in [2.05, 4.69) is 38.4 Å². The van der Waals surface area contributed by atoms with Gasteiger partial charge in [-0.15, -0.1) is 0 Å². The van der Waals surface area contributed by atoms with Gasteiger partial charge in [-0.3, -0.25) is 4.79 Å². The van der Waals surface area contributed by atoms with Crippen LogP contribution in [0.2, 0.25) is 0 Å². The molecule has 2 aromatic rings. The zero-order chi connectivity index (χ0) is 15.4. The highest BCUT2D eigenvalue weighted by molar-refractivity contribution is 9.10. The summed E-state index contributed by atoms with van der Waals surface area (Å²) in [5.41, 5.74) is 3.98. The highest BCUT2D eigenvalue weighted by atomic mass is 79.9. The van der Waals surface area contributed by atoms with Crippen LogP contribution < -0.4 is 5.32 Å². The zero-order valence-corrected chi connectivity index (χ0v) is 14.0. The summed E-state index contributed by atoms with van der Waals surface area (Å²) in [5, 5.41) is 11.1. The first-order valence-corrected chi connectivity index (χ1v) is 7.77. The van der Waals surface area contributed by atoms with Crippen LogP contribution in [0, 0.1) is 6.92 Å². The van der Waals surface area contributed by atoms with E-state index in [0.29, 0.717) is 17.7 Å². The molecule has 1 aromatic heterocycles. The number of nitrogens with one attached hydrogen (secondary N) is 1. The van der Waals surface area contributed by atoms with Crippen molar-refractivity contribution in [2.24, 2.45) is 0 Å². The molecule has 0 saturated heterocycles. The van der Waals surface area contributed by atoms with Crippen molar-refractivity contribution in [3.63, 3.8) is 0 Å². The fourth-order valence-electron chi connectivity index (χ4n) is 2.14. The van der Waals surface area contributed by atoms with Crippen molar-refractivity contribution >= 4 is 27.5 Å². The molecular weight excluding hydrogens is 330 g/mol. The van der Waals surface area contributed by atoms with Gasteiger partial charge in [-0.25, -0.2) is 0 Å². The van der Waals surface area contributed by atoms with Gasteiger partial charge >= 0.3 is 0 Å². The minimum absolute atomic E-state index is 0.137. The summed E-state index contributed by atoms with van der Waals surface area (Å²) in [6.07, 6.45) is 1.53. The van der Waals surface area contributed by atoms with Crippen LogP contribution in [0.15, 0.2) is 28.7 Å². The largest absolute Gasteiger partial charge is 0.322 e. The second kappa shape index (κ2) is 6.80. The molecule has 0 spiro atoms. The van der Waals surface area contributed by atoms with E-state index in [9.17, 15) is 4.79 Å². The molecule has 0 aliphatic heterocycles. The van der Waals surface area contributed by atoms with Gasteiger partial charge in [0.2, 0.25) is 0 Å². The number of hydrogen-bond donors (Lipinski definition) is 1. The van der Waals surface area contributed by atoms with Crippen LogP contribution in [0.4, 0.5) is 5.69 Å². The molecule has 1 heterocycles. The lowest BCUT2D eigenvalue weighted by Crippen LogP contribution is -2.17. The average Bonchev–Trinajstić information content (AvgIpc) is 2.48. The first kappa shape index (κ1) is 15.6. The fraction of sp³-hybridized carbons (Fsp3) is 0.312. The number of hydrogen-bond acceptors (Lipinski definition) is 3. The SMILES string of the molecule is CCc1cc(Br)ccc1NC(=O)c1cc(C)nnc1CC. The number of halogens is 1. The summed E-state index contributed by atoms with van der Waals surface area (Å²) in [7, 11) is 0. The van der Waals surface area contributed by atoms with Gasteiger partial charge in [-0.2, -0.15) is 10.2 Å². The Balaban J connectivity index is 2.32. The second-order valence-electron chi connectivity index (χ2n) is 4.81. The van der Waals surface area contributed by atoms with Crippen molar-refractivity contribution in [1.29, 1.82) is 0 Å². The van der Waals surface area contributed by atoms with Crippen LogP contribution in [0.25, 0.3) is 0 Å². The van der Waals surface area contributed by atoms with Gasteiger partial charge in [0.1, 0.15) is 0 Å². The maximum absolute atomic E-state index is 12.5. The molecule has 5 heteroatoms. The molecule has 1 amide bonds. The summed E-state index contributed by atoms with van der Waals surface area (Å²) in [4.78, 5) is 12.5. The molecule has 0 fully saturated rings. The standard InChI is InChI=1S/C16H18BrN3O/c1-4-11-9-12(17)6-7-15(11)18-16(21)13-8-10(3)19-20-14(13)5-2/h6-9H,4-5H2,1-3H3,(H,18,21). The topological polar surface area (TPSA) is 54.9 Å². The number of benzene rings is 1. The minimum Gasteiger partial charge on any atom is -0.322 e. The smallest absolute Gasteiger partial charge is 0.257 e. The van der Waals surface area contributed by atoms with Crippen LogP contribution in [0.1, 0.15) is 41.2 Å². The van der Waals surface area contributed by atoms with E-state index in [-0.39, 0.29) is 5.91 Å².